The van der Waals surface area contributed by atoms with Gasteiger partial charge < -0.3 is 14.4 Å². The Kier molecular flexibility index (Phi) is 6.13. The number of hydrogen-bond donors (Lipinski definition) is 1. The SMILES string of the molecule is CC(C)c1cc(-c2cncnc2)c(-c2ccc(F)cc2)n1CC[C@H]1C[C@H](O)CC(=O)O1. The quantitative estimate of drug-likeness (QED) is 0.597. The molecule has 7 heteroatoms. The van der Waals surface area contributed by atoms with E-state index < -0.39 is 6.10 Å². The zero-order valence-electron chi connectivity index (χ0n) is 17.7. The molecule has 1 saturated heterocycles. The maximum Gasteiger partial charge on any atom is 0.308 e. The van der Waals surface area contributed by atoms with Crippen LogP contribution in [0.15, 0.2) is 49.1 Å². The number of ether oxygens (including phenoxy) is 1. The molecule has 1 aliphatic rings. The minimum atomic E-state index is -0.658. The third kappa shape index (κ3) is 4.66. The summed E-state index contributed by atoms with van der Waals surface area (Å²) in [5, 5.41) is 9.94. The van der Waals surface area contributed by atoms with E-state index in [-0.39, 0.29) is 30.2 Å². The van der Waals surface area contributed by atoms with Crippen LogP contribution in [-0.4, -0.2) is 37.8 Å². The summed E-state index contributed by atoms with van der Waals surface area (Å²) < 4.78 is 21.3. The fourth-order valence-corrected chi connectivity index (χ4v) is 4.18. The molecule has 1 fully saturated rings. The molecule has 0 spiro atoms. The van der Waals surface area contributed by atoms with Crippen molar-refractivity contribution in [2.75, 3.05) is 0 Å². The molecule has 31 heavy (non-hydrogen) atoms. The molecule has 6 nitrogen and oxygen atoms in total. The zero-order valence-corrected chi connectivity index (χ0v) is 17.7. The van der Waals surface area contributed by atoms with E-state index in [9.17, 15) is 14.3 Å². The first kappa shape index (κ1) is 21.2. The number of aliphatic hydroxyl groups excluding tert-OH is 1. The van der Waals surface area contributed by atoms with Crippen LogP contribution >= 0.6 is 0 Å². The summed E-state index contributed by atoms with van der Waals surface area (Å²) in [4.78, 5) is 20.1. The summed E-state index contributed by atoms with van der Waals surface area (Å²) in [7, 11) is 0. The molecule has 0 saturated carbocycles. The predicted octanol–water partition coefficient (Wildman–Crippen LogP) is 4.33. The molecule has 0 radical (unpaired) electrons. The Bertz CT molecular complexity index is 1050. The number of carbonyl (C=O) groups excluding carboxylic acids is 1. The highest BCUT2D eigenvalue weighted by molar-refractivity contribution is 5.82. The predicted molar refractivity (Wildman–Crippen MR) is 115 cm³/mol. The van der Waals surface area contributed by atoms with Crippen LogP contribution in [0.5, 0.6) is 0 Å². The highest BCUT2D eigenvalue weighted by atomic mass is 19.1. The highest BCUT2D eigenvalue weighted by Gasteiger charge is 2.28. The first-order valence-corrected chi connectivity index (χ1v) is 10.5. The largest absolute Gasteiger partial charge is 0.462 e. The lowest BCUT2D eigenvalue weighted by atomic mass is 10.0. The van der Waals surface area contributed by atoms with Gasteiger partial charge in [0, 0.05) is 48.6 Å². The van der Waals surface area contributed by atoms with Gasteiger partial charge in [0.2, 0.25) is 0 Å². The molecular formula is C24H26FN3O3. The number of cyclic esters (lactones) is 1. The van der Waals surface area contributed by atoms with Crippen LogP contribution in [0.4, 0.5) is 4.39 Å². The van der Waals surface area contributed by atoms with Gasteiger partial charge in [-0.15, -0.1) is 0 Å². The van der Waals surface area contributed by atoms with Crippen molar-refractivity contribution in [1.29, 1.82) is 0 Å². The van der Waals surface area contributed by atoms with Crippen molar-refractivity contribution >= 4 is 5.97 Å². The number of aromatic nitrogens is 3. The number of esters is 1. The summed E-state index contributed by atoms with van der Waals surface area (Å²) in [5.41, 5.74) is 4.79. The normalized spacial score (nSPS) is 18.9. The molecule has 0 bridgehead atoms. The van der Waals surface area contributed by atoms with Crippen LogP contribution in [0.25, 0.3) is 22.4 Å². The number of rotatable bonds is 6. The Morgan fingerprint density at radius 3 is 2.55 bits per heavy atom. The topological polar surface area (TPSA) is 77.2 Å². The van der Waals surface area contributed by atoms with Gasteiger partial charge in [-0.3, -0.25) is 4.79 Å². The molecule has 162 valence electrons. The van der Waals surface area contributed by atoms with Crippen molar-refractivity contribution in [3.63, 3.8) is 0 Å². The number of halogens is 1. The fraction of sp³-hybridized carbons (Fsp3) is 0.375. The highest BCUT2D eigenvalue weighted by Crippen LogP contribution is 2.38. The summed E-state index contributed by atoms with van der Waals surface area (Å²) >= 11 is 0. The third-order valence-electron chi connectivity index (χ3n) is 5.62. The molecule has 4 rings (SSSR count). The van der Waals surface area contributed by atoms with Gasteiger partial charge in [-0.05, 0) is 41.8 Å². The fourth-order valence-electron chi connectivity index (χ4n) is 4.18. The van der Waals surface area contributed by atoms with E-state index in [2.05, 4.69) is 34.4 Å². The van der Waals surface area contributed by atoms with Gasteiger partial charge >= 0.3 is 5.97 Å². The number of aliphatic hydroxyl groups is 1. The van der Waals surface area contributed by atoms with Crippen molar-refractivity contribution < 1.29 is 19.0 Å². The van der Waals surface area contributed by atoms with Gasteiger partial charge in [0.05, 0.1) is 18.2 Å². The Balaban J connectivity index is 1.77. The number of hydrogen-bond acceptors (Lipinski definition) is 5. The summed E-state index contributed by atoms with van der Waals surface area (Å²) in [6, 6.07) is 8.56. The molecule has 2 atom stereocenters. The van der Waals surface area contributed by atoms with E-state index in [0.717, 1.165) is 28.1 Å². The Morgan fingerprint density at radius 2 is 1.90 bits per heavy atom. The standard InChI is InChI=1S/C24H26FN3O3/c1-15(2)22-11-21(17-12-26-14-27-13-17)24(16-3-5-18(25)6-4-16)28(22)8-7-20-9-19(29)10-23(30)31-20/h3-6,11-15,19-20,29H,7-10H2,1-2H3/t19-,20-/m0/s1. The lowest BCUT2D eigenvalue weighted by Crippen LogP contribution is -2.33. The maximum atomic E-state index is 13.6. The van der Waals surface area contributed by atoms with Gasteiger partial charge in [-0.25, -0.2) is 14.4 Å². The molecule has 1 aromatic carbocycles. The second kappa shape index (κ2) is 8.98. The van der Waals surface area contributed by atoms with E-state index in [4.69, 9.17) is 4.74 Å². The van der Waals surface area contributed by atoms with Crippen molar-refractivity contribution in [3.8, 4) is 22.4 Å². The van der Waals surface area contributed by atoms with E-state index >= 15 is 0 Å². The molecule has 1 N–H and O–H groups in total. The molecule has 0 amide bonds. The van der Waals surface area contributed by atoms with Crippen LogP contribution in [0.1, 0.15) is 44.7 Å². The van der Waals surface area contributed by atoms with Crippen molar-refractivity contribution in [2.24, 2.45) is 0 Å². The number of carbonyl (C=O) groups is 1. The van der Waals surface area contributed by atoms with Crippen molar-refractivity contribution in [2.45, 2.75) is 57.8 Å². The summed E-state index contributed by atoms with van der Waals surface area (Å²) in [6.45, 7) is 4.84. The lowest BCUT2D eigenvalue weighted by Gasteiger charge is -2.27. The molecule has 3 aromatic rings. The van der Waals surface area contributed by atoms with Crippen LogP contribution in [0.2, 0.25) is 0 Å². The summed E-state index contributed by atoms with van der Waals surface area (Å²) in [5.74, 6) is -0.420. The second-order valence-corrected chi connectivity index (χ2v) is 8.27. The maximum absolute atomic E-state index is 13.6. The Morgan fingerprint density at radius 1 is 1.19 bits per heavy atom. The lowest BCUT2D eigenvalue weighted by molar-refractivity contribution is -0.160. The zero-order chi connectivity index (χ0) is 22.0. The molecular weight excluding hydrogens is 397 g/mol. The van der Waals surface area contributed by atoms with E-state index in [1.807, 2.05) is 0 Å². The van der Waals surface area contributed by atoms with E-state index in [1.54, 1.807) is 24.5 Å². The van der Waals surface area contributed by atoms with Crippen molar-refractivity contribution in [3.05, 3.63) is 60.6 Å². The van der Waals surface area contributed by atoms with Gasteiger partial charge in [-0.2, -0.15) is 0 Å². The number of nitrogens with zero attached hydrogens (tertiary/aromatic N) is 3. The molecule has 2 aromatic heterocycles. The second-order valence-electron chi connectivity index (χ2n) is 8.27. The van der Waals surface area contributed by atoms with Gasteiger partial charge in [-0.1, -0.05) is 13.8 Å². The molecule has 3 heterocycles. The molecule has 1 aliphatic heterocycles. The minimum absolute atomic E-state index is 0.0518. The Hall–Kier alpha value is -3.06. The van der Waals surface area contributed by atoms with E-state index in [0.29, 0.717) is 19.4 Å². The monoisotopic (exact) mass is 423 g/mol. The van der Waals surface area contributed by atoms with Crippen LogP contribution in [0, 0.1) is 5.82 Å². The van der Waals surface area contributed by atoms with Crippen LogP contribution in [-0.2, 0) is 16.1 Å². The molecule has 0 unspecified atom stereocenters. The average Bonchev–Trinajstić information content (AvgIpc) is 3.12. The van der Waals surface area contributed by atoms with Crippen molar-refractivity contribution in [1.82, 2.24) is 14.5 Å². The Labute approximate surface area is 180 Å². The minimum Gasteiger partial charge on any atom is -0.462 e. The number of benzene rings is 1. The van der Waals surface area contributed by atoms with E-state index in [1.165, 1.54) is 18.5 Å². The first-order valence-electron chi connectivity index (χ1n) is 10.5. The third-order valence-corrected chi connectivity index (χ3v) is 5.62. The van der Waals surface area contributed by atoms with Gasteiger partial charge in [0.25, 0.3) is 0 Å². The molecule has 0 aliphatic carbocycles. The first-order chi connectivity index (χ1) is 14.9. The van der Waals surface area contributed by atoms with Gasteiger partial charge in [0.15, 0.2) is 0 Å². The summed E-state index contributed by atoms with van der Waals surface area (Å²) in [6.07, 6.45) is 5.11. The van der Waals surface area contributed by atoms with Crippen LogP contribution in [0.3, 0.4) is 0 Å². The smallest absolute Gasteiger partial charge is 0.308 e. The van der Waals surface area contributed by atoms with Gasteiger partial charge in [0.1, 0.15) is 18.2 Å². The van der Waals surface area contributed by atoms with Crippen LogP contribution < -0.4 is 0 Å². The average molecular weight is 423 g/mol.